The van der Waals surface area contributed by atoms with Gasteiger partial charge in [-0.05, 0) is 67.6 Å². The van der Waals surface area contributed by atoms with Gasteiger partial charge in [0.1, 0.15) is 0 Å². The zero-order chi connectivity index (χ0) is 35.5. The van der Waals surface area contributed by atoms with Crippen LogP contribution in [0.15, 0.2) is 130 Å². The van der Waals surface area contributed by atoms with Crippen LogP contribution in [-0.2, 0) is 20.8 Å². The Morgan fingerprint density at radius 1 is 0.863 bits per heavy atom. The summed E-state index contributed by atoms with van der Waals surface area (Å²) < 4.78 is 15.0. The third-order valence-electron chi connectivity index (χ3n) is 8.73. The lowest BCUT2D eigenvalue weighted by Gasteiger charge is -2.26. The SMILES string of the molecule is CCOC(=O)C1=C(c2ccccc2)N=c2s/c(=C\c3cn(Cc4ccc(C(=O)OCC)cc4)c4ccccc34)c(=O)n2[C@H]1c1ccc(SC)cc1. The lowest BCUT2D eigenvalue weighted by Crippen LogP contribution is -2.40. The van der Waals surface area contributed by atoms with Crippen LogP contribution in [0.25, 0.3) is 22.7 Å². The first-order valence-electron chi connectivity index (χ1n) is 16.7. The van der Waals surface area contributed by atoms with Crippen LogP contribution in [0.5, 0.6) is 0 Å². The van der Waals surface area contributed by atoms with E-state index in [2.05, 4.69) is 10.6 Å². The summed E-state index contributed by atoms with van der Waals surface area (Å²) in [5.74, 6) is -0.851. The number of rotatable bonds is 10. The van der Waals surface area contributed by atoms with Crippen molar-refractivity contribution in [1.82, 2.24) is 9.13 Å². The molecule has 0 bridgehead atoms. The highest BCUT2D eigenvalue weighted by Crippen LogP contribution is 2.36. The fourth-order valence-corrected chi connectivity index (χ4v) is 7.76. The van der Waals surface area contributed by atoms with E-state index in [4.69, 9.17) is 14.5 Å². The first kappa shape index (κ1) is 34.0. The Labute approximate surface area is 303 Å². The number of thiazole rings is 1. The number of nitrogens with zero attached hydrogens (tertiary/aromatic N) is 3. The number of para-hydroxylation sites is 1. The Bertz CT molecular complexity index is 2460. The van der Waals surface area contributed by atoms with Crippen LogP contribution in [0.3, 0.4) is 0 Å². The predicted molar refractivity (Wildman–Crippen MR) is 203 cm³/mol. The molecule has 0 saturated heterocycles. The quantitative estimate of drug-likeness (QED) is 0.114. The average molecular weight is 714 g/mol. The van der Waals surface area contributed by atoms with Crippen molar-refractivity contribution in [3.63, 3.8) is 0 Å². The van der Waals surface area contributed by atoms with Gasteiger partial charge in [-0.25, -0.2) is 14.6 Å². The highest BCUT2D eigenvalue weighted by atomic mass is 32.2. The third-order valence-corrected chi connectivity index (χ3v) is 10.5. The van der Waals surface area contributed by atoms with Crippen molar-refractivity contribution in [2.24, 2.45) is 4.99 Å². The number of esters is 2. The second-order valence-electron chi connectivity index (χ2n) is 11.9. The molecule has 7 rings (SSSR count). The van der Waals surface area contributed by atoms with Crippen molar-refractivity contribution >= 4 is 57.7 Å². The fourth-order valence-electron chi connectivity index (χ4n) is 6.36. The van der Waals surface area contributed by atoms with Gasteiger partial charge in [0.05, 0.1) is 40.6 Å². The van der Waals surface area contributed by atoms with E-state index >= 15 is 0 Å². The summed E-state index contributed by atoms with van der Waals surface area (Å²) in [5, 5.41) is 0.993. The molecule has 10 heteroatoms. The third kappa shape index (κ3) is 6.72. The highest BCUT2D eigenvalue weighted by Gasteiger charge is 2.35. The molecule has 2 aromatic heterocycles. The van der Waals surface area contributed by atoms with Crippen molar-refractivity contribution in [3.05, 3.63) is 162 Å². The van der Waals surface area contributed by atoms with E-state index in [1.54, 1.807) is 42.3 Å². The molecule has 6 aromatic rings. The number of carbonyl (C=O) groups excluding carboxylic acids is 2. The molecule has 1 aliphatic heterocycles. The van der Waals surface area contributed by atoms with Gasteiger partial charge in [0.15, 0.2) is 4.80 Å². The molecule has 0 spiro atoms. The lowest BCUT2D eigenvalue weighted by atomic mass is 9.93. The molecule has 1 atom stereocenters. The molecular weight excluding hydrogens is 679 g/mol. The second-order valence-corrected chi connectivity index (χ2v) is 13.7. The van der Waals surface area contributed by atoms with E-state index in [9.17, 15) is 14.4 Å². The molecule has 1 aliphatic rings. The Hall–Kier alpha value is -5.45. The maximum Gasteiger partial charge on any atom is 0.338 e. The lowest BCUT2D eigenvalue weighted by molar-refractivity contribution is -0.138. The zero-order valence-corrected chi connectivity index (χ0v) is 30.0. The van der Waals surface area contributed by atoms with Gasteiger partial charge in [0.25, 0.3) is 5.56 Å². The van der Waals surface area contributed by atoms with Crippen LogP contribution in [0.2, 0.25) is 0 Å². The van der Waals surface area contributed by atoms with Crippen molar-refractivity contribution in [1.29, 1.82) is 0 Å². The fraction of sp³-hybridized carbons (Fsp3) is 0.171. The van der Waals surface area contributed by atoms with Gasteiger partial charge in [-0.3, -0.25) is 9.36 Å². The van der Waals surface area contributed by atoms with Crippen LogP contribution >= 0.6 is 23.1 Å². The van der Waals surface area contributed by atoms with Gasteiger partial charge < -0.3 is 14.0 Å². The second kappa shape index (κ2) is 14.8. The van der Waals surface area contributed by atoms with Gasteiger partial charge in [-0.2, -0.15) is 0 Å². The molecule has 0 fully saturated rings. The summed E-state index contributed by atoms with van der Waals surface area (Å²) in [5.41, 5.74) is 5.55. The van der Waals surface area contributed by atoms with Crippen molar-refractivity contribution in [2.75, 3.05) is 19.5 Å². The molecule has 0 N–H and O–H groups in total. The number of carbonyl (C=O) groups is 2. The van der Waals surface area contributed by atoms with Gasteiger partial charge in [0.2, 0.25) is 0 Å². The van der Waals surface area contributed by atoms with E-state index in [1.807, 2.05) is 103 Å². The normalized spacial score (nSPS) is 14.3. The Kier molecular flexibility index (Phi) is 9.87. The van der Waals surface area contributed by atoms with Crippen LogP contribution in [-0.4, -0.2) is 40.5 Å². The molecule has 0 aliphatic carbocycles. The minimum atomic E-state index is -0.743. The van der Waals surface area contributed by atoms with Gasteiger partial charge >= 0.3 is 11.9 Å². The van der Waals surface area contributed by atoms with Crippen molar-refractivity contribution < 1.29 is 19.1 Å². The number of aromatic nitrogens is 2. The van der Waals surface area contributed by atoms with Gasteiger partial charge in [-0.15, -0.1) is 11.8 Å². The summed E-state index contributed by atoms with van der Waals surface area (Å²) in [4.78, 5) is 47.1. The molecule has 51 heavy (non-hydrogen) atoms. The zero-order valence-electron chi connectivity index (χ0n) is 28.4. The molecule has 0 radical (unpaired) electrons. The van der Waals surface area contributed by atoms with E-state index < -0.39 is 12.0 Å². The Morgan fingerprint density at radius 3 is 2.25 bits per heavy atom. The molecule has 4 aromatic carbocycles. The largest absolute Gasteiger partial charge is 0.463 e. The van der Waals surface area contributed by atoms with E-state index in [0.29, 0.717) is 39.3 Å². The molecule has 3 heterocycles. The summed E-state index contributed by atoms with van der Waals surface area (Å²) in [7, 11) is 0. The number of fused-ring (bicyclic) bond motifs is 2. The predicted octanol–water partition coefficient (Wildman–Crippen LogP) is 6.84. The maximum atomic E-state index is 14.5. The first-order valence-corrected chi connectivity index (χ1v) is 18.7. The molecular formula is C41H35N3O5S2. The maximum absolute atomic E-state index is 14.5. The molecule has 256 valence electrons. The number of hydrogen-bond acceptors (Lipinski definition) is 8. The standard InChI is InChI=1S/C41H35N3O5S2/c1-4-48-39(46)29-17-15-26(16-18-29)24-43-25-30(32-13-9-10-14-33(32)43)23-34-38(45)44-37(28-19-21-31(50-3)22-20-28)35(40(47)49-5-2)36(42-41(44)51-34)27-11-7-6-8-12-27/h6-23,25,37H,4-5,24H2,1-3H3/b34-23-/t37-/m0/s1. The van der Waals surface area contributed by atoms with E-state index in [0.717, 1.165) is 38.1 Å². The molecule has 8 nitrogen and oxygen atoms in total. The smallest absolute Gasteiger partial charge is 0.338 e. The molecule has 0 amide bonds. The highest BCUT2D eigenvalue weighted by molar-refractivity contribution is 7.98. The minimum absolute atomic E-state index is 0.187. The summed E-state index contributed by atoms with van der Waals surface area (Å²) in [6, 6.07) is 32.2. The van der Waals surface area contributed by atoms with Crippen molar-refractivity contribution in [3.8, 4) is 0 Å². The van der Waals surface area contributed by atoms with E-state index in [-0.39, 0.29) is 18.1 Å². The van der Waals surface area contributed by atoms with Crippen LogP contribution in [0.1, 0.15) is 52.5 Å². The summed E-state index contributed by atoms with van der Waals surface area (Å²) in [6.07, 6.45) is 5.96. The molecule has 0 unspecified atom stereocenters. The number of benzene rings is 4. The number of thioether (sulfide) groups is 1. The first-order chi connectivity index (χ1) is 24.9. The van der Waals surface area contributed by atoms with Crippen LogP contribution < -0.4 is 14.9 Å². The monoisotopic (exact) mass is 713 g/mol. The number of hydrogen-bond donors (Lipinski definition) is 0. The van der Waals surface area contributed by atoms with Crippen LogP contribution in [0, 0.1) is 0 Å². The molecule has 0 saturated carbocycles. The number of ether oxygens (including phenoxy) is 2. The van der Waals surface area contributed by atoms with Crippen molar-refractivity contribution in [2.45, 2.75) is 31.3 Å². The van der Waals surface area contributed by atoms with Gasteiger partial charge in [-0.1, -0.05) is 84.1 Å². The topological polar surface area (TPSA) is 91.9 Å². The Balaban J connectivity index is 1.37. The van der Waals surface area contributed by atoms with E-state index in [1.165, 1.54) is 11.3 Å². The van der Waals surface area contributed by atoms with Gasteiger partial charge in [0, 0.05) is 39.7 Å². The summed E-state index contributed by atoms with van der Waals surface area (Å²) >= 11 is 2.93. The summed E-state index contributed by atoms with van der Waals surface area (Å²) in [6.45, 7) is 4.63. The minimum Gasteiger partial charge on any atom is -0.463 e. The Morgan fingerprint density at radius 2 is 1.55 bits per heavy atom. The van der Waals surface area contributed by atoms with Crippen LogP contribution in [0.4, 0.5) is 0 Å². The average Bonchev–Trinajstić information content (AvgIpc) is 3.67.